The standard InChI is InChI=1S/C23H24N4O2/c1-16-6-5-9-18(14-16)23(29)27-13-11-20-19(15-27)21(26-25-20)22(28)24-12-10-17-7-3-2-4-8-17/h2-9,14H,10-13,15H2,1H3,(H,24,28)(H,25,26). The highest BCUT2D eigenvalue weighted by atomic mass is 16.2. The minimum atomic E-state index is -0.205. The molecule has 2 aromatic carbocycles. The molecule has 0 fully saturated rings. The SMILES string of the molecule is Cc1cccc(C(=O)N2CCc3[nH]nc(C(=O)NCCc4ccccc4)c3C2)c1. The normalized spacial score (nSPS) is 13.1. The molecule has 1 aromatic heterocycles. The molecule has 2 amide bonds. The van der Waals surface area contributed by atoms with Gasteiger partial charge in [0.1, 0.15) is 0 Å². The van der Waals surface area contributed by atoms with E-state index in [1.807, 2.05) is 61.5 Å². The Labute approximate surface area is 169 Å². The van der Waals surface area contributed by atoms with Crippen molar-refractivity contribution in [2.45, 2.75) is 26.3 Å². The van der Waals surface area contributed by atoms with Crippen molar-refractivity contribution in [3.05, 3.63) is 88.2 Å². The summed E-state index contributed by atoms with van der Waals surface area (Å²) < 4.78 is 0. The summed E-state index contributed by atoms with van der Waals surface area (Å²) in [6, 6.07) is 17.6. The summed E-state index contributed by atoms with van der Waals surface area (Å²) in [6.07, 6.45) is 1.42. The first-order chi connectivity index (χ1) is 14.1. The van der Waals surface area contributed by atoms with E-state index in [2.05, 4.69) is 15.5 Å². The minimum Gasteiger partial charge on any atom is -0.350 e. The molecule has 3 aromatic rings. The van der Waals surface area contributed by atoms with Crippen LogP contribution < -0.4 is 5.32 Å². The molecule has 6 heteroatoms. The Balaban J connectivity index is 1.43. The van der Waals surface area contributed by atoms with Crippen LogP contribution >= 0.6 is 0 Å². The molecule has 0 spiro atoms. The van der Waals surface area contributed by atoms with Crippen molar-refractivity contribution in [2.75, 3.05) is 13.1 Å². The van der Waals surface area contributed by atoms with E-state index < -0.39 is 0 Å². The lowest BCUT2D eigenvalue weighted by Gasteiger charge is -2.27. The van der Waals surface area contributed by atoms with E-state index in [-0.39, 0.29) is 11.8 Å². The number of nitrogens with one attached hydrogen (secondary N) is 2. The third kappa shape index (κ3) is 4.21. The molecule has 6 nitrogen and oxygen atoms in total. The van der Waals surface area contributed by atoms with Gasteiger partial charge in [0.15, 0.2) is 5.69 Å². The number of rotatable bonds is 5. The Morgan fingerprint density at radius 3 is 2.76 bits per heavy atom. The largest absolute Gasteiger partial charge is 0.350 e. The molecule has 0 saturated heterocycles. The van der Waals surface area contributed by atoms with Gasteiger partial charge in [0.05, 0.1) is 6.54 Å². The molecule has 0 bridgehead atoms. The van der Waals surface area contributed by atoms with Crippen LogP contribution in [-0.2, 0) is 19.4 Å². The van der Waals surface area contributed by atoms with Crippen LogP contribution in [0.25, 0.3) is 0 Å². The monoisotopic (exact) mass is 388 g/mol. The van der Waals surface area contributed by atoms with Crippen LogP contribution in [-0.4, -0.2) is 40.0 Å². The molecule has 29 heavy (non-hydrogen) atoms. The highest BCUT2D eigenvalue weighted by Gasteiger charge is 2.28. The number of benzene rings is 2. The molecular weight excluding hydrogens is 364 g/mol. The molecular formula is C23H24N4O2. The molecule has 0 atom stereocenters. The summed E-state index contributed by atoms with van der Waals surface area (Å²) in [5.74, 6) is -0.223. The van der Waals surface area contributed by atoms with Gasteiger partial charge in [-0.05, 0) is 31.0 Å². The predicted octanol–water partition coefficient (Wildman–Crippen LogP) is 2.89. The molecule has 0 unspecified atom stereocenters. The molecule has 2 heterocycles. The van der Waals surface area contributed by atoms with E-state index >= 15 is 0 Å². The van der Waals surface area contributed by atoms with Crippen molar-refractivity contribution < 1.29 is 9.59 Å². The smallest absolute Gasteiger partial charge is 0.272 e. The van der Waals surface area contributed by atoms with Crippen LogP contribution in [0.2, 0.25) is 0 Å². The molecule has 0 aliphatic carbocycles. The van der Waals surface area contributed by atoms with Gasteiger partial charge < -0.3 is 10.2 Å². The average molecular weight is 388 g/mol. The molecule has 1 aliphatic rings. The summed E-state index contributed by atoms with van der Waals surface area (Å²) in [6.45, 7) is 3.51. The van der Waals surface area contributed by atoms with Gasteiger partial charge in [-0.1, -0.05) is 48.0 Å². The quantitative estimate of drug-likeness (QED) is 0.705. The van der Waals surface area contributed by atoms with E-state index in [1.54, 1.807) is 4.90 Å². The zero-order chi connectivity index (χ0) is 20.2. The zero-order valence-corrected chi connectivity index (χ0v) is 16.4. The van der Waals surface area contributed by atoms with Crippen LogP contribution in [0.4, 0.5) is 0 Å². The number of H-pyrrole nitrogens is 1. The minimum absolute atomic E-state index is 0.0176. The van der Waals surface area contributed by atoms with Crippen LogP contribution in [0, 0.1) is 6.92 Å². The third-order valence-corrected chi connectivity index (χ3v) is 5.24. The Morgan fingerprint density at radius 2 is 1.97 bits per heavy atom. The highest BCUT2D eigenvalue weighted by Crippen LogP contribution is 2.22. The van der Waals surface area contributed by atoms with Crippen LogP contribution in [0.3, 0.4) is 0 Å². The van der Waals surface area contributed by atoms with Crippen molar-refractivity contribution in [2.24, 2.45) is 0 Å². The number of carbonyl (C=O) groups is 2. The number of fused-ring (bicyclic) bond motifs is 1. The number of carbonyl (C=O) groups excluding carboxylic acids is 2. The van der Waals surface area contributed by atoms with Gasteiger partial charge in [0.2, 0.25) is 0 Å². The number of aromatic amines is 1. The van der Waals surface area contributed by atoms with Crippen LogP contribution in [0.1, 0.15) is 43.2 Å². The second-order valence-corrected chi connectivity index (χ2v) is 7.37. The number of aryl methyl sites for hydroxylation is 1. The fourth-order valence-electron chi connectivity index (χ4n) is 3.67. The van der Waals surface area contributed by atoms with E-state index in [1.165, 1.54) is 5.56 Å². The van der Waals surface area contributed by atoms with Gasteiger partial charge in [-0.3, -0.25) is 14.7 Å². The predicted molar refractivity (Wildman–Crippen MR) is 111 cm³/mol. The fourth-order valence-corrected chi connectivity index (χ4v) is 3.67. The van der Waals surface area contributed by atoms with Crippen molar-refractivity contribution in [1.82, 2.24) is 20.4 Å². The number of hydrogen-bond donors (Lipinski definition) is 2. The molecule has 2 N–H and O–H groups in total. The molecule has 1 aliphatic heterocycles. The molecule has 0 saturated carbocycles. The first-order valence-corrected chi connectivity index (χ1v) is 9.86. The maximum atomic E-state index is 12.9. The topological polar surface area (TPSA) is 78.1 Å². The summed E-state index contributed by atoms with van der Waals surface area (Å²) >= 11 is 0. The van der Waals surface area contributed by atoms with Crippen molar-refractivity contribution in [3.8, 4) is 0 Å². The average Bonchev–Trinajstić information content (AvgIpc) is 3.17. The summed E-state index contributed by atoms with van der Waals surface area (Å²) in [7, 11) is 0. The Bertz CT molecular complexity index is 1030. The van der Waals surface area contributed by atoms with Crippen molar-refractivity contribution in [3.63, 3.8) is 0 Å². The van der Waals surface area contributed by atoms with Crippen molar-refractivity contribution in [1.29, 1.82) is 0 Å². The van der Waals surface area contributed by atoms with E-state index in [4.69, 9.17) is 0 Å². The Hall–Kier alpha value is -3.41. The maximum absolute atomic E-state index is 12.9. The first kappa shape index (κ1) is 18.9. The highest BCUT2D eigenvalue weighted by molar-refractivity contribution is 5.96. The summed E-state index contributed by atoms with van der Waals surface area (Å²) in [4.78, 5) is 27.3. The van der Waals surface area contributed by atoms with E-state index in [9.17, 15) is 9.59 Å². The number of aromatic nitrogens is 2. The third-order valence-electron chi connectivity index (χ3n) is 5.24. The summed E-state index contributed by atoms with van der Waals surface area (Å²) in [5.41, 5.74) is 5.03. The lowest BCUT2D eigenvalue weighted by atomic mass is 10.0. The van der Waals surface area contributed by atoms with E-state index in [0.29, 0.717) is 37.3 Å². The van der Waals surface area contributed by atoms with Gasteiger partial charge in [-0.2, -0.15) is 5.10 Å². The molecule has 4 rings (SSSR count). The number of hydrogen-bond acceptors (Lipinski definition) is 3. The fraction of sp³-hybridized carbons (Fsp3) is 0.261. The van der Waals surface area contributed by atoms with Crippen LogP contribution in [0.15, 0.2) is 54.6 Å². The number of nitrogens with zero attached hydrogens (tertiary/aromatic N) is 2. The maximum Gasteiger partial charge on any atom is 0.272 e. The van der Waals surface area contributed by atoms with Gasteiger partial charge in [-0.25, -0.2) is 0 Å². The van der Waals surface area contributed by atoms with Gasteiger partial charge in [0, 0.05) is 36.3 Å². The lowest BCUT2D eigenvalue weighted by molar-refractivity contribution is 0.0731. The van der Waals surface area contributed by atoms with Gasteiger partial charge >= 0.3 is 0 Å². The Morgan fingerprint density at radius 1 is 1.14 bits per heavy atom. The van der Waals surface area contributed by atoms with Crippen molar-refractivity contribution >= 4 is 11.8 Å². The van der Waals surface area contributed by atoms with E-state index in [0.717, 1.165) is 23.2 Å². The second-order valence-electron chi connectivity index (χ2n) is 7.37. The summed E-state index contributed by atoms with van der Waals surface area (Å²) in [5, 5.41) is 10.1. The lowest BCUT2D eigenvalue weighted by Crippen LogP contribution is -2.37. The second kappa shape index (κ2) is 8.31. The number of amides is 2. The van der Waals surface area contributed by atoms with Gasteiger partial charge in [-0.15, -0.1) is 0 Å². The van der Waals surface area contributed by atoms with Gasteiger partial charge in [0.25, 0.3) is 11.8 Å². The molecule has 148 valence electrons. The molecule has 0 radical (unpaired) electrons. The van der Waals surface area contributed by atoms with Crippen LogP contribution in [0.5, 0.6) is 0 Å². The Kier molecular flexibility index (Phi) is 5.42. The zero-order valence-electron chi connectivity index (χ0n) is 16.4. The first-order valence-electron chi connectivity index (χ1n) is 9.86.